The molecule has 0 fully saturated rings. The number of sulfonamides is 1. The number of Topliss-reactive ketones (excluding diaryl/α,β-unsaturated/α-hetero) is 1. The number of H-pyrrole nitrogens is 1. The second kappa shape index (κ2) is 9.41. The van der Waals surface area contributed by atoms with E-state index in [1.165, 1.54) is 13.3 Å². The van der Waals surface area contributed by atoms with Gasteiger partial charge < -0.3 is 9.72 Å². The number of ether oxygens (including phenoxy) is 1. The van der Waals surface area contributed by atoms with E-state index in [0.29, 0.717) is 16.8 Å². The van der Waals surface area contributed by atoms with Crippen molar-refractivity contribution in [3.63, 3.8) is 0 Å². The fourth-order valence-corrected chi connectivity index (χ4v) is 4.77. The van der Waals surface area contributed by atoms with Gasteiger partial charge in [0, 0.05) is 30.2 Å². The minimum absolute atomic E-state index is 0.119. The van der Waals surface area contributed by atoms with Crippen LogP contribution in [0.3, 0.4) is 0 Å². The lowest BCUT2D eigenvalue weighted by Gasteiger charge is -2.22. The summed E-state index contributed by atoms with van der Waals surface area (Å²) in [5, 5.41) is 0. The molecule has 0 atom stereocenters. The van der Waals surface area contributed by atoms with E-state index in [2.05, 4.69) is 9.97 Å². The molecule has 0 saturated carbocycles. The Morgan fingerprint density at radius 2 is 1.84 bits per heavy atom. The largest absolute Gasteiger partial charge is 0.464 e. The highest BCUT2D eigenvalue weighted by molar-refractivity contribution is 7.89. The molecule has 8 nitrogen and oxygen atoms in total. The predicted molar refractivity (Wildman–Crippen MR) is 114 cm³/mol. The van der Waals surface area contributed by atoms with Gasteiger partial charge in [0.1, 0.15) is 11.5 Å². The first-order valence-electron chi connectivity index (χ1n) is 9.60. The zero-order chi connectivity index (χ0) is 23.5. The van der Waals surface area contributed by atoms with E-state index in [4.69, 9.17) is 4.74 Å². The van der Waals surface area contributed by atoms with Gasteiger partial charge in [-0.1, -0.05) is 6.07 Å². The Balaban J connectivity index is 1.99. The Morgan fingerprint density at radius 1 is 1.16 bits per heavy atom. The van der Waals surface area contributed by atoms with E-state index in [1.54, 1.807) is 32.2 Å². The number of carbonyl (C=O) groups excluding carboxylic acids is 2. The number of benzene rings is 1. The van der Waals surface area contributed by atoms with E-state index in [9.17, 15) is 22.4 Å². The molecule has 3 rings (SSSR count). The number of esters is 1. The molecule has 168 valence electrons. The number of nitrogens with zero attached hydrogens (tertiary/aromatic N) is 2. The van der Waals surface area contributed by atoms with Crippen molar-refractivity contribution in [2.75, 3.05) is 13.7 Å². The lowest BCUT2D eigenvalue weighted by molar-refractivity contribution is 0.0593. The van der Waals surface area contributed by atoms with Crippen molar-refractivity contribution in [1.29, 1.82) is 0 Å². The summed E-state index contributed by atoms with van der Waals surface area (Å²) in [5.74, 6) is -1.70. The number of carbonyl (C=O) groups is 2. The standard InChI is InChI=1S/C22H22FN3O5S/c1-14-20(15(2)25-21(14)22(28)31-3)19(27)13-26(12-16-5-4-10-24-11-16)32(29,30)18-8-6-17(23)7-9-18/h4-11,25H,12-13H2,1-3H3. The summed E-state index contributed by atoms with van der Waals surface area (Å²) in [6.45, 7) is 2.59. The van der Waals surface area contributed by atoms with Crippen LogP contribution in [0.5, 0.6) is 0 Å². The Kier molecular flexibility index (Phi) is 6.85. The lowest BCUT2D eigenvalue weighted by Crippen LogP contribution is -2.35. The number of ketones is 1. The molecule has 0 radical (unpaired) electrons. The SMILES string of the molecule is COC(=O)c1[nH]c(C)c(C(=O)CN(Cc2cccnc2)S(=O)(=O)c2ccc(F)cc2)c1C. The van der Waals surface area contributed by atoms with Crippen LogP contribution in [0.2, 0.25) is 0 Å². The van der Waals surface area contributed by atoms with E-state index in [0.717, 1.165) is 28.6 Å². The van der Waals surface area contributed by atoms with E-state index in [1.807, 2.05) is 0 Å². The second-order valence-electron chi connectivity index (χ2n) is 7.13. The molecule has 0 aliphatic heterocycles. The van der Waals surface area contributed by atoms with Crippen molar-refractivity contribution in [1.82, 2.24) is 14.3 Å². The Morgan fingerprint density at radius 3 is 2.44 bits per heavy atom. The van der Waals surface area contributed by atoms with Crippen LogP contribution in [0.15, 0.2) is 53.7 Å². The van der Waals surface area contributed by atoms with Gasteiger partial charge in [-0.25, -0.2) is 17.6 Å². The number of aryl methyl sites for hydroxylation is 1. The second-order valence-corrected chi connectivity index (χ2v) is 9.07. The van der Waals surface area contributed by atoms with Crippen molar-refractivity contribution < 1.29 is 27.1 Å². The molecule has 3 aromatic rings. The maximum absolute atomic E-state index is 13.3. The Hall–Kier alpha value is -3.37. The van der Waals surface area contributed by atoms with Crippen molar-refractivity contribution in [3.05, 3.63) is 82.7 Å². The van der Waals surface area contributed by atoms with Crippen molar-refractivity contribution in [3.8, 4) is 0 Å². The summed E-state index contributed by atoms with van der Waals surface area (Å²) < 4.78 is 45.6. The minimum atomic E-state index is -4.14. The van der Waals surface area contributed by atoms with Gasteiger partial charge in [-0.05, 0) is 55.3 Å². The van der Waals surface area contributed by atoms with Crippen LogP contribution in [0.4, 0.5) is 4.39 Å². The third-order valence-electron chi connectivity index (χ3n) is 4.96. The average molecular weight is 459 g/mol. The molecule has 0 spiro atoms. The first-order chi connectivity index (χ1) is 15.1. The molecule has 0 saturated heterocycles. The summed E-state index contributed by atoms with van der Waals surface area (Å²) in [6, 6.07) is 7.72. The van der Waals surface area contributed by atoms with Crippen molar-refractivity contribution in [2.45, 2.75) is 25.3 Å². The first kappa shape index (κ1) is 23.3. The smallest absolute Gasteiger partial charge is 0.354 e. The number of methoxy groups -OCH3 is 1. The van der Waals surface area contributed by atoms with Gasteiger partial charge in [0.15, 0.2) is 5.78 Å². The number of aromatic amines is 1. The van der Waals surface area contributed by atoms with Crippen LogP contribution in [-0.2, 0) is 21.3 Å². The summed E-state index contributed by atoms with van der Waals surface area (Å²) in [7, 11) is -2.92. The van der Waals surface area contributed by atoms with Crippen LogP contribution < -0.4 is 0 Å². The molecule has 1 aromatic carbocycles. The molecule has 0 amide bonds. The number of rotatable bonds is 8. The van der Waals surface area contributed by atoms with Gasteiger partial charge >= 0.3 is 5.97 Å². The Bertz CT molecular complexity index is 1240. The van der Waals surface area contributed by atoms with E-state index in [-0.39, 0.29) is 22.7 Å². The lowest BCUT2D eigenvalue weighted by atomic mass is 10.1. The van der Waals surface area contributed by atoms with Gasteiger partial charge in [-0.2, -0.15) is 4.31 Å². The van der Waals surface area contributed by atoms with Crippen LogP contribution in [0.1, 0.15) is 37.7 Å². The van der Waals surface area contributed by atoms with Gasteiger partial charge in [-0.3, -0.25) is 9.78 Å². The number of hydrogen-bond acceptors (Lipinski definition) is 6. The number of nitrogens with one attached hydrogen (secondary N) is 1. The average Bonchev–Trinajstić information content (AvgIpc) is 3.07. The molecule has 2 heterocycles. The van der Waals surface area contributed by atoms with E-state index >= 15 is 0 Å². The number of hydrogen-bond donors (Lipinski definition) is 1. The van der Waals surface area contributed by atoms with Crippen LogP contribution in [-0.4, -0.2) is 48.1 Å². The molecule has 0 unspecified atom stereocenters. The maximum Gasteiger partial charge on any atom is 0.354 e. The van der Waals surface area contributed by atoms with Crippen molar-refractivity contribution in [2.24, 2.45) is 0 Å². The number of pyridine rings is 1. The minimum Gasteiger partial charge on any atom is -0.464 e. The summed E-state index contributed by atoms with van der Waals surface area (Å²) in [6.07, 6.45) is 3.05. The summed E-state index contributed by atoms with van der Waals surface area (Å²) in [4.78, 5) is 31.8. The van der Waals surface area contributed by atoms with Gasteiger partial charge in [0.2, 0.25) is 10.0 Å². The highest BCUT2D eigenvalue weighted by atomic mass is 32.2. The third-order valence-corrected chi connectivity index (χ3v) is 6.76. The molecular formula is C22H22FN3O5S. The molecular weight excluding hydrogens is 437 g/mol. The van der Waals surface area contributed by atoms with Gasteiger partial charge in [0.05, 0.1) is 18.6 Å². The molecule has 0 aliphatic carbocycles. The summed E-state index contributed by atoms with van der Waals surface area (Å²) >= 11 is 0. The van der Waals surface area contributed by atoms with E-state index < -0.39 is 34.1 Å². The zero-order valence-electron chi connectivity index (χ0n) is 17.8. The quantitative estimate of drug-likeness (QED) is 0.410. The Labute approximate surface area is 185 Å². The van der Waals surface area contributed by atoms with Gasteiger partial charge in [-0.15, -0.1) is 0 Å². The highest BCUT2D eigenvalue weighted by Crippen LogP contribution is 2.23. The van der Waals surface area contributed by atoms with Crippen LogP contribution in [0, 0.1) is 19.7 Å². The number of aromatic nitrogens is 2. The molecule has 10 heteroatoms. The zero-order valence-corrected chi connectivity index (χ0v) is 18.6. The molecule has 2 aromatic heterocycles. The van der Waals surface area contributed by atoms with Crippen LogP contribution in [0.25, 0.3) is 0 Å². The van der Waals surface area contributed by atoms with Crippen LogP contribution >= 0.6 is 0 Å². The highest BCUT2D eigenvalue weighted by Gasteiger charge is 2.30. The fraction of sp³-hybridized carbons (Fsp3) is 0.227. The molecule has 0 bridgehead atoms. The topological polar surface area (TPSA) is 109 Å². The maximum atomic E-state index is 13.3. The van der Waals surface area contributed by atoms with Gasteiger partial charge in [0.25, 0.3) is 0 Å². The number of halogens is 1. The van der Waals surface area contributed by atoms with Crippen molar-refractivity contribution >= 4 is 21.8 Å². The molecule has 32 heavy (non-hydrogen) atoms. The molecule has 1 N–H and O–H groups in total. The first-order valence-corrected chi connectivity index (χ1v) is 11.0. The fourth-order valence-electron chi connectivity index (χ4n) is 3.39. The normalized spacial score (nSPS) is 11.5. The third kappa shape index (κ3) is 4.76. The monoisotopic (exact) mass is 459 g/mol. The summed E-state index contributed by atoms with van der Waals surface area (Å²) in [5.41, 5.74) is 1.72. The predicted octanol–water partition coefficient (Wildman–Crippen LogP) is 3.03. The molecule has 0 aliphatic rings.